The van der Waals surface area contributed by atoms with E-state index in [-0.39, 0.29) is 16.4 Å². The Hall–Kier alpha value is -1.90. The molecule has 0 aromatic heterocycles. The molecule has 2 N–H and O–H groups in total. The summed E-state index contributed by atoms with van der Waals surface area (Å²) in [6.07, 6.45) is 0. The van der Waals surface area contributed by atoms with Gasteiger partial charge in [-0.15, -0.1) is 0 Å². The normalized spacial score (nSPS) is 19.0. The Kier molecular flexibility index (Phi) is 4.37. The first-order valence-electron chi connectivity index (χ1n) is 7.35. The van der Waals surface area contributed by atoms with Gasteiger partial charge in [-0.1, -0.05) is 24.3 Å². The number of benzene rings is 2. The molecule has 1 heterocycles. The van der Waals surface area contributed by atoms with E-state index >= 15 is 0 Å². The van der Waals surface area contributed by atoms with Gasteiger partial charge in [0, 0.05) is 6.54 Å². The van der Waals surface area contributed by atoms with E-state index in [2.05, 4.69) is 0 Å². The van der Waals surface area contributed by atoms with Crippen molar-refractivity contribution >= 4 is 19.7 Å². The lowest BCUT2D eigenvalue weighted by Crippen LogP contribution is -2.15. The van der Waals surface area contributed by atoms with Crippen LogP contribution in [0.15, 0.2) is 58.3 Å². The first-order chi connectivity index (χ1) is 11.4. The second-order valence-corrected chi connectivity index (χ2v) is 9.60. The van der Waals surface area contributed by atoms with Crippen LogP contribution in [0.25, 0.3) is 0 Å². The van der Waals surface area contributed by atoms with Gasteiger partial charge in [0.1, 0.15) is 17.6 Å². The van der Waals surface area contributed by atoms with Crippen molar-refractivity contribution in [3.63, 3.8) is 0 Å². The van der Waals surface area contributed by atoms with E-state index in [1.807, 2.05) is 0 Å². The van der Waals surface area contributed by atoms with Gasteiger partial charge in [-0.05, 0) is 29.8 Å². The van der Waals surface area contributed by atoms with Crippen LogP contribution < -0.4 is 10.5 Å². The average Bonchev–Trinajstić information content (AvgIpc) is 2.85. The largest absolute Gasteiger partial charge is 0.492 e. The van der Waals surface area contributed by atoms with Crippen molar-refractivity contribution in [3.05, 3.63) is 54.1 Å². The number of hydrogen-bond acceptors (Lipinski definition) is 6. The molecule has 1 aliphatic rings. The third kappa shape index (κ3) is 2.92. The molecule has 24 heavy (non-hydrogen) atoms. The van der Waals surface area contributed by atoms with Crippen LogP contribution in [0, 0.1) is 0 Å². The van der Waals surface area contributed by atoms with Crippen LogP contribution in [-0.4, -0.2) is 35.7 Å². The number of ether oxygens (including phenoxy) is 1. The van der Waals surface area contributed by atoms with Crippen LogP contribution in [0.5, 0.6) is 5.75 Å². The summed E-state index contributed by atoms with van der Waals surface area (Å²) in [6, 6.07) is 12.3. The van der Waals surface area contributed by atoms with E-state index in [9.17, 15) is 16.8 Å². The van der Waals surface area contributed by atoms with Gasteiger partial charge in [-0.2, -0.15) is 0 Å². The smallest absolute Gasteiger partial charge is 0.186 e. The van der Waals surface area contributed by atoms with E-state index in [1.54, 1.807) is 24.3 Å². The monoisotopic (exact) mass is 367 g/mol. The standard InChI is InChI=1S/C16H17NO5S2/c17-8-9-22-12-6-7-14-15(10-12)23(18,19)11-16(14)24(20,21)13-4-2-1-3-5-13/h1-7,10,16H,8-9,11,17H2. The summed E-state index contributed by atoms with van der Waals surface area (Å²) in [5.41, 5.74) is 5.65. The van der Waals surface area contributed by atoms with Crippen molar-refractivity contribution in [3.8, 4) is 5.75 Å². The lowest BCUT2D eigenvalue weighted by atomic mass is 10.1. The highest BCUT2D eigenvalue weighted by molar-refractivity contribution is 7.96. The van der Waals surface area contributed by atoms with E-state index in [0.717, 1.165) is 0 Å². The molecule has 1 atom stereocenters. The van der Waals surface area contributed by atoms with Gasteiger partial charge in [0.15, 0.2) is 19.7 Å². The molecule has 0 radical (unpaired) electrons. The molecule has 0 saturated carbocycles. The maximum atomic E-state index is 12.8. The van der Waals surface area contributed by atoms with Gasteiger partial charge < -0.3 is 10.5 Å². The van der Waals surface area contributed by atoms with Crippen molar-refractivity contribution in [1.82, 2.24) is 0 Å². The molecular weight excluding hydrogens is 350 g/mol. The molecule has 0 fully saturated rings. The Morgan fingerprint density at radius 3 is 2.50 bits per heavy atom. The average molecular weight is 367 g/mol. The molecule has 3 rings (SSSR count). The molecule has 2 aromatic rings. The summed E-state index contributed by atoms with van der Waals surface area (Å²) < 4.78 is 55.8. The second kappa shape index (κ2) is 6.19. The SMILES string of the molecule is NCCOc1ccc2c(c1)S(=O)(=O)CC2S(=O)(=O)c1ccccc1. The molecule has 0 aliphatic carbocycles. The predicted molar refractivity (Wildman–Crippen MR) is 89.4 cm³/mol. The fourth-order valence-electron chi connectivity index (χ4n) is 2.73. The molecule has 8 heteroatoms. The molecule has 0 amide bonds. The van der Waals surface area contributed by atoms with Crippen LogP contribution in [0.2, 0.25) is 0 Å². The Labute approximate surface area is 141 Å². The predicted octanol–water partition coefficient (Wildman–Crippen LogP) is 1.33. The Morgan fingerprint density at radius 2 is 1.83 bits per heavy atom. The van der Waals surface area contributed by atoms with Gasteiger partial charge in [0.05, 0.1) is 15.5 Å². The van der Waals surface area contributed by atoms with Gasteiger partial charge in [-0.25, -0.2) is 16.8 Å². The Balaban J connectivity index is 2.07. The van der Waals surface area contributed by atoms with Crippen molar-refractivity contribution in [2.45, 2.75) is 15.0 Å². The Bertz CT molecular complexity index is 953. The highest BCUT2D eigenvalue weighted by Gasteiger charge is 2.43. The first-order valence-corrected chi connectivity index (χ1v) is 10.5. The molecule has 6 nitrogen and oxygen atoms in total. The Morgan fingerprint density at radius 1 is 1.12 bits per heavy atom. The maximum absolute atomic E-state index is 12.8. The van der Waals surface area contributed by atoms with Crippen molar-refractivity contribution in [1.29, 1.82) is 0 Å². The van der Waals surface area contributed by atoms with Gasteiger partial charge in [-0.3, -0.25) is 0 Å². The molecule has 1 aliphatic heterocycles. The van der Waals surface area contributed by atoms with E-state index in [1.165, 1.54) is 24.3 Å². The molecule has 0 spiro atoms. The number of nitrogens with two attached hydrogens (primary N) is 1. The fourth-order valence-corrected chi connectivity index (χ4v) is 7.08. The minimum Gasteiger partial charge on any atom is -0.492 e. The number of rotatable bonds is 5. The summed E-state index contributed by atoms with van der Waals surface area (Å²) in [6.45, 7) is 0.555. The van der Waals surface area contributed by atoms with Crippen molar-refractivity contribution < 1.29 is 21.6 Å². The zero-order chi connectivity index (χ0) is 17.4. The molecule has 128 valence electrons. The lowest BCUT2D eigenvalue weighted by molar-refractivity contribution is 0.327. The number of fused-ring (bicyclic) bond motifs is 1. The summed E-state index contributed by atoms with van der Waals surface area (Å²) in [7, 11) is -7.48. The van der Waals surface area contributed by atoms with Crippen LogP contribution in [-0.2, 0) is 19.7 Å². The summed E-state index contributed by atoms with van der Waals surface area (Å²) in [5, 5.41) is -1.11. The fraction of sp³-hybridized carbons (Fsp3) is 0.250. The summed E-state index contributed by atoms with van der Waals surface area (Å²) >= 11 is 0. The highest BCUT2D eigenvalue weighted by Crippen LogP contribution is 2.42. The van der Waals surface area contributed by atoms with Gasteiger partial charge in [0.2, 0.25) is 0 Å². The topological polar surface area (TPSA) is 104 Å². The zero-order valence-corrected chi connectivity index (χ0v) is 14.4. The quantitative estimate of drug-likeness (QED) is 0.855. The van der Waals surface area contributed by atoms with E-state index < -0.39 is 30.7 Å². The molecule has 0 bridgehead atoms. The van der Waals surface area contributed by atoms with Gasteiger partial charge >= 0.3 is 0 Å². The number of hydrogen-bond donors (Lipinski definition) is 1. The highest BCUT2D eigenvalue weighted by atomic mass is 32.2. The van der Waals surface area contributed by atoms with Crippen LogP contribution >= 0.6 is 0 Å². The van der Waals surface area contributed by atoms with E-state index in [0.29, 0.717) is 17.9 Å². The van der Waals surface area contributed by atoms with Crippen LogP contribution in [0.4, 0.5) is 0 Å². The minimum atomic E-state index is -3.79. The van der Waals surface area contributed by atoms with Crippen molar-refractivity contribution in [2.75, 3.05) is 18.9 Å². The third-order valence-electron chi connectivity index (χ3n) is 3.87. The molecule has 2 aromatic carbocycles. The first kappa shape index (κ1) is 16.9. The van der Waals surface area contributed by atoms with Crippen LogP contribution in [0.3, 0.4) is 0 Å². The molecule has 0 saturated heterocycles. The van der Waals surface area contributed by atoms with E-state index in [4.69, 9.17) is 10.5 Å². The number of sulfone groups is 2. The maximum Gasteiger partial charge on any atom is 0.186 e. The lowest BCUT2D eigenvalue weighted by Gasteiger charge is -2.12. The minimum absolute atomic E-state index is 0.0153. The summed E-state index contributed by atoms with van der Waals surface area (Å²) in [4.78, 5) is 0.128. The zero-order valence-electron chi connectivity index (χ0n) is 12.8. The van der Waals surface area contributed by atoms with Gasteiger partial charge in [0.25, 0.3) is 0 Å². The summed E-state index contributed by atoms with van der Waals surface area (Å²) in [5.74, 6) is -0.0968. The second-order valence-electron chi connectivity index (χ2n) is 5.46. The third-order valence-corrected chi connectivity index (χ3v) is 7.98. The van der Waals surface area contributed by atoms with Crippen LogP contribution in [0.1, 0.15) is 10.8 Å². The molecular formula is C16H17NO5S2. The van der Waals surface area contributed by atoms with Crippen molar-refractivity contribution in [2.24, 2.45) is 5.73 Å². The molecule has 1 unspecified atom stereocenters.